The second-order valence-corrected chi connectivity index (χ2v) is 6.12. The molecule has 0 unspecified atom stereocenters. The van der Waals surface area contributed by atoms with E-state index in [9.17, 15) is 14.4 Å². The number of Topliss-reactive ketones (excluding diaryl/α,β-unsaturated/α-hetero) is 1. The lowest BCUT2D eigenvalue weighted by molar-refractivity contribution is -0.144. The van der Waals surface area contributed by atoms with E-state index in [0.717, 1.165) is 0 Å². The van der Waals surface area contributed by atoms with Crippen LogP contribution in [0.5, 0.6) is 5.75 Å². The van der Waals surface area contributed by atoms with Gasteiger partial charge in [0.1, 0.15) is 11.8 Å². The fraction of sp³-hybridized carbons (Fsp3) is 0.400. The van der Waals surface area contributed by atoms with Crippen molar-refractivity contribution in [2.45, 2.75) is 12.5 Å². The molecule has 0 aromatic heterocycles. The molecule has 24 heavy (non-hydrogen) atoms. The summed E-state index contributed by atoms with van der Waals surface area (Å²) in [7, 11) is 1.46. The molecule has 1 atom stereocenters. The lowest BCUT2D eigenvalue weighted by atomic mass is 10.1. The number of amides is 2. The topological polar surface area (TPSA) is 108 Å². The van der Waals surface area contributed by atoms with Gasteiger partial charge in [0.25, 0.3) is 0 Å². The van der Waals surface area contributed by atoms with Crippen molar-refractivity contribution in [1.82, 2.24) is 5.32 Å². The second-order valence-electron chi connectivity index (χ2n) is 4.72. The van der Waals surface area contributed by atoms with Crippen LogP contribution >= 0.6 is 23.4 Å². The minimum Gasteiger partial charge on any atom is -0.495 e. The van der Waals surface area contributed by atoms with E-state index < -0.39 is 30.4 Å². The number of halogens is 1. The van der Waals surface area contributed by atoms with Gasteiger partial charge in [-0.3, -0.25) is 4.79 Å². The Morgan fingerprint density at radius 3 is 2.62 bits per heavy atom. The number of esters is 1. The minimum atomic E-state index is -0.887. The van der Waals surface area contributed by atoms with Crippen LogP contribution in [0.1, 0.15) is 16.8 Å². The van der Waals surface area contributed by atoms with Gasteiger partial charge < -0.3 is 20.5 Å². The Bertz CT molecular complexity index is 612. The normalized spacial score (nSPS) is 11.5. The van der Waals surface area contributed by atoms with Gasteiger partial charge in [0, 0.05) is 5.56 Å². The molecule has 1 aromatic carbocycles. The number of nitrogens with two attached hydrogens (primary N) is 1. The van der Waals surface area contributed by atoms with Gasteiger partial charge in [-0.2, -0.15) is 11.8 Å². The van der Waals surface area contributed by atoms with Crippen LogP contribution in [0.2, 0.25) is 5.02 Å². The third-order valence-corrected chi connectivity index (χ3v) is 3.97. The van der Waals surface area contributed by atoms with Gasteiger partial charge >= 0.3 is 12.0 Å². The maximum atomic E-state index is 12.1. The molecule has 0 radical (unpaired) electrons. The standard InChI is InChI=1S/C15H19ClN2O5S/c1-22-13-4-3-9(7-10(13)16)12(19)8-23-14(20)11(5-6-24-2)18-15(17)21/h3-4,7,11H,5-6,8H2,1-2H3,(H3,17,18,21)/t11-/m1/s1. The first-order valence-corrected chi connectivity index (χ1v) is 8.74. The lowest BCUT2D eigenvalue weighted by Gasteiger charge is -2.15. The van der Waals surface area contributed by atoms with Crippen molar-refractivity contribution in [2.24, 2.45) is 5.73 Å². The van der Waals surface area contributed by atoms with Gasteiger partial charge in [-0.15, -0.1) is 0 Å². The molecular weight excluding hydrogens is 356 g/mol. The van der Waals surface area contributed by atoms with Gasteiger partial charge in [-0.05, 0) is 36.6 Å². The highest BCUT2D eigenvalue weighted by molar-refractivity contribution is 7.98. The van der Waals surface area contributed by atoms with E-state index in [0.29, 0.717) is 17.9 Å². The summed E-state index contributed by atoms with van der Waals surface area (Å²) < 4.78 is 9.97. The van der Waals surface area contributed by atoms with Crippen molar-refractivity contribution in [2.75, 3.05) is 25.7 Å². The van der Waals surface area contributed by atoms with E-state index in [4.69, 9.17) is 26.8 Å². The van der Waals surface area contributed by atoms with E-state index >= 15 is 0 Å². The molecule has 0 fully saturated rings. The van der Waals surface area contributed by atoms with Crippen LogP contribution < -0.4 is 15.8 Å². The minimum absolute atomic E-state index is 0.280. The molecule has 0 aliphatic carbocycles. The molecule has 1 aromatic rings. The molecule has 0 aliphatic rings. The van der Waals surface area contributed by atoms with Gasteiger partial charge in [0.05, 0.1) is 12.1 Å². The molecule has 7 nitrogen and oxygen atoms in total. The molecule has 3 N–H and O–H groups in total. The Labute approximate surface area is 149 Å². The van der Waals surface area contributed by atoms with Crippen LogP contribution in [0.4, 0.5) is 4.79 Å². The number of ketones is 1. The van der Waals surface area contributed by atoms with Crippen molar-refractivity contribution in [3.8, 4) is 5.75 Å². The van der Waals surface area contributed by atoms with Gasteiger partial charge in [-0.1, -0.05) is 11.6 Å². The highest BCUT2D eigenvalue weighted by atomic mass is 35.5. The molecule has 0 heterocycles. The average Bonchev–Trinajstić information content (AvgIpc) is 2.55. The molecule has 1 rings (SSSR count). The van der Waals surface area contributed by atoms with Crippen molar-refractivity contribution in [1.29, 1.82) is 0 Å². The second kappa shape index (κ2) is 10.0. The van der Waals surface area contributed by atoms with Crippen molar-refractivity contribution >= 4 is 41.1 Å². The number of urea groups is 1. The van der Waals surface area contributed by atoms with E-state index in [-0.39, 0.29) is 10.6 Å². The molecule has 0 bridgehead atoms. The predicted molar refractivity (Wildman–Crippen MR) is 92.8 cm³/mol. The number of carbonyl (C=O) groups is 3. The monoisotopic (exact) mass is 374 g/mol. The molecule has 132 valence electrons. The molecule has 2 amide bonds. The fourth-order valence-electron chi connectivity index (χ4n) is 1.82. The number of ether oxygens (including phenoxy) is 2. The number of thioether (sulfide) groups is 1. The SMILES string of the molecule is COc1ccc(C(=O)COC(=O)[C@@H](CCSC)NC(N)=O)cc1Cl. The number of benzene rings is 1. The number of rotatable bonds is 9. The zero-order valence-corrected chi connectivity index (χ0v) is 14.9. The quantitative estimate of drug-likeness (QED) is 0.504. The first-order valence-electron chi connectivity index (χ1n) is 6.97. The van der Waals surface area contributed by atoms with Gasteiger partial charge in [0.2, 0.25) is 0 Å². The summed E-state index contributed by atoms with van der Waals surface area (Å²) in [6.07, 6.45) is 2.22. The highest BCUT2D eigenvalue weighted by Gasteiger charge is 2.22. The van der Waals surface area contributed by atoms with Gasteiger partial charge in [-0.25, -0.2) is 9.59 Å². The van der Waals surface area contributed by atoms with Crippen molar-refractivity contribution < 1.29 is 23.9 Å². The summed E-state index contributed by atoms with van der Waals surface area (Å²) in [5, 5.41) is 2.58. The van der Waals surface area contributed by atoms with E-state index in [2.05, 4.69) is 5.32 Å². The zero-order valence-electron chi connectivity index (χ0n) is 13.3. The molecule has 9 heteroatoms. The average molecular weight is 375 g/mol. The van der Waals surface area contributed by atoms with Gasteiger partial charge in [0.15, 0.2) is 12.4 Å². The van der Waals surface area contributed by atoms with E-state index in [1.165, 1.54) is 31.0 Å². The van der Waals surface area contributed by atoms with Crippen LogP contribution in [0, 0.1) is 0 Å². The molecule has 0 saturated carbocycles. The number of hydrogen-bond donors (Lipinski definition) is 2. The number of methoxy groups -OCH3 is 1. The summed E-state index contributed by atoms with van der Waals surface area (Å²) in [5.41, 5.74) is 5.32. The Hall–Kier alpha value is -1.93. The fourth-order valence-corrected chi connectivity index (χ4v) is 2.55. The predicted octanol–water partition coefficient (Wildman–Crippen LogP) is 1.86. The lowest BCUT2D eigenvalue weighted by Crippen LogP contribution is -2.45. The Balaban J connectivity index is 2.64. The molecule has 0 saturated heterocycles. The first kappa shape index (κ1) is 20.1. The Morgan fingerprint density at radius 1 is 1.38 bits per heavy atom. The molecular formula is C15H19ClN2O5S. The maximum absolute atomic E-state index is 12.1. The highest BCUT2D eigenvalue weighted by Crippen LogP contribution is 2.25. The smallest absolute Gasteiger partial charge is 0.329 e. The summed E-state index contributed by atoms with van der Waals surface area (Å²) in [6.45, 7) is -0.461. The van der Waals surface area contributed by atoms with Crippen molar-refractivity contribution in [3.05, 3.63) is 28.8 Å². The summed E-state index contributed by atoms with van der Waals surface area (Å²) >= 11 is 7.46. The van der Waals surface area contributed by atoms with Crippen LogP contribution in [0.3, 0.4) is 0 Å². The maximum Gasteiger partial charge on any atom is 0.329 e. The van der Waals surface area contributed by atoms with Crippen LogP contribution in [0.25, 0.3) is 0 Å². The summed E-state index contributed by atoms with van der Waals surface area (Å²) in [6, 6.07) is 2.79. The first-order chi connectivity index (χ1) is 11.4. The molecule has 0 spiro atoms. The van der Waals surface area contributed by atoms with Crippen molar-refractivity contribution in [3.63, 3.8) is 0 Å². The number of nitrogens with one attached hydrogen (secondary N) is 1. The Morgan fingerprint density at radius 2 is 2.08 bits per heavy atom. The number of primary amides is 1. The van der Waals surface area contributed by atoms with Crippen LogP contribution in [0.15, 0.2) is 18.2 Å². The summed E-state index contributed by atoms with van der Waals surface area (Å²) in [5.74, 6) is -0.0679. The van der Waals surface area contributed by atoms with Crippen LogP contribution in [-0.4, -0.2) is 49.6 Å². The number of carbonyl (C=O) groups excluding carboxylic acids is 3. The van der Waals surface area contributed by atoms with E-state index in [1.807, 2.05) is 6.26 Å². The Kier molecular flexibility index (Phi) is 8.42. The number of hydrogen-bond acceptors (Lipinski definition) is 6. The third kappa shape index (κ3) is 6.29. The third-order valence-electron chi connectivity index (χ3n) is 3.03. The van der Waals surface area contributed by atoms with Crippen LogP contribution in [-0.2, 0) is 9.53 Å². The zero-order chi connectivity index (χ0) is 18.1. The van der Waals surface area contributed by atoms with E-state index in [1.54, 1.807) is 6.07 Å². The summed E-state index contributed by atoms with van der Waals surface area (Å²) in [4.78, 5) is 35.0. The largest absolute Gasteiger partial charge is 0.495 e. The molecule has 0 aliphatic heterocycles.